The predicted octanol–water partition coefficient (Wildman–Crippen LogP) is 7.45. The Balaban J connectivity index is 1.23. The molecule has 0 spiro atoms. The lowest BCUT2D eigenvalue weighted by Gasteiger charge is -2.49. The lowest BCUT2D eigenvalue weighted by Crippen LogP contribution is -2.67. The van der Waals surface area contributed by atoms with Crippen LogP contribution in [-0.4, -0.2) is 99.4 Å². The van der Waals surface area contributed by atoms with Gasteiger partial charge < -0.3 is 53.3 Å². The second-order valence-corrected chi connectivity index (χ2v) is 16.6. The molecule has 2 fully saturated rings. The maximum atomic E-state index is 14.0. The number of hydrogen-bond donors (Lipinski definition) is 2. The van der Waals surface area contributed by atoms with E-state index in [-0.39, 0.29) is 49.9 Å². The third-order valence-electron chi connectivity index (χ3n) is 11.7. The number of unbranched alkanes of at least 4 members (excludes halogenated alkanes) is 3. The first-order valence-electron chi connectivity index (χ1n) is 23.1. The number of alkyl carbamates (subject to hydrolysis) is 1. The van der Waals surface area contributed by atoms with Gasteiger partial charge in [-0.2, -0.15) is 0 Å². The molecule has 360 valence electrons. The van der Waals surface area contributed by atoms with Crippen LogP contribution < -0.4 is 10.6 Å². The van der Waals surface area contributed by atoms with Crippen LogP contribution in [0.15, 0.2) is 121 Å². The molecule has 2 heterocycles. The highest BCUT2D eigenvalue weighted by Crippen LogP contribution is 2.37. The number of rotatable bonds is 23. The molecule has 0 saturated carbocycles. The van der Waals surface area contributed by atoms with Gasteiger partial charge in [0.05, 0.1) is 38.1 Å². The summed E-state index contributed by atoms with van der Waals surface area (Å²) < 4.78 is 56.5. The largest absolute Gasteiger partial charge is 0.467 e. The standard InChI is InChI=1S/C52H64N2O13/c1-5-41-35(2)43(61-32-37-22-12-8-13-23-37)42(54-36(3)55)50(64-41)66-45-44(62-33-38-24-14-9-15-25-38)47(65-48(56)40-28-18-11-19-29-40)51(67-46(45)49(57)59-4)60-31-21-7-6-20-30-53-52(58)63-34-39-26-16-10-17-27-39/h8-19,22-29,35,41-47,50-51H,5-7,20-21,30-34H2,1-4H3,(H,53,58)(H,54,55). The van der Waals surface area contributed by atoms with Crippen LogP contribution in [0.4, 0.5) is 4.79 Å². The van der Waals surface area contributed by atoms with E-state index in [0.29, 0.717) is 25.8 Å². The summed E-state index contributed by atoms with van der Waals surface area (Å²) >= 11 is 0. The average Bonchev–Trinajstić information content (AvgIpc) is 3.35. The summed E-state index contributed by atoms with van der Waals surface area (Å²) in [4.78, 5) is 53.0. The highest BCUT2D eigenvalue weighted by molar-refractivity contribution is 5.89. The van der Waals surface area contributed by atoms with E-state index in [1.54, 1.807) is 30.3 Å². The summed E-state index contributed by atoms with van der Waals surface area (Å²) in [7, 11) is 1.23. The fourth-order valence-corrected chi connectivity index (χ4v) is 8.21. The minimum atomic E-state index is -1.47. The molecule has 2 aliphatic heterocycles. The fourth-order valence-electron chi connectivity index (χ4n) is 8.21. The first-order valence-corrected chi connectivity index (χ1v) is 23.1. The Kier molecular flexibility index (Phi) is 20.1. The van der Waals surface area contributed by atoms with Gasteiger partial charge in [0.1, 0.15) is 24.9 Å². The van der Waals surface area contributed by atoms with E-state index >= 15 is 0 Å². The number of ether oxygens (including phenoxy) is 9. The Hall–Kier alpha value is -5.68. The van der Waals surface area contributed by atoms with Gasteiger partial charge in [0.25, 0.3) is 0 Å². The van der Waals surface area contributed by atoms with Crippen LogP contribution in [-0.2, 0) is 72.0 Å². The molecule has 15 heteroatoms. The first-order chi connectivity index (χ1) is 32.6. The summed E-state index contributed by atoms with van der Waals surface area (Å²) in [6, 6.07) is 36.2. The predicted molar refractivity (Wildman–Crippen MR) is 246 cm³/mol. The quantitative estimate of drug-likeness (QED) is 0.0427. The van der Waals surface area contributed by atoms with E-state index in [0.717, 1.165) is 29.5 Å². The Labute approximate surface area is 393 Å². The molecule has 0 bridgehead atoms. The van der Waals surface area contributed by atoms with E-state index < -0.39 is 67.2 Å². The van der Waals surface area contributed by atoms with Crippen LogP contribution in [0, 0.1) is 5.92 Å². The van der Waals surface area contributed by atoms with Gasteiger partial charge in [-0.15, -0.1) is 0 Å². The van der Waals surface area contributed by atoms with E-state index in [4.69, 9.17) is 42.6 Å². The van der Waals surface area contributed by atoms with Crippen LogP contribution >= 0.6 is 0 Å². The summed E-state index contributed by atoms with van der Waals surface area (Å²) in [6.07, 6.45) is -5.92. The van der Waals surface area contributed by atoms with E-state index in [2.05, 4.69) is 10.6 Å². The van der Waals surface area contributed by atoms with Gasteiger partial charge in [-0.1, -0.05) is 136 Å². The monoisotopic (exact) mass is 924 g/mol. The summed E-state index contributed by atoms with van der Waals surface area (Å²) in [5.41, 5.74) is 2.91. The third-order valence-corrected chi connectivity index (χ3v) is 11.7. The van der Waals surface area contributed by atoms with Gasteiger partial charge in [-0.25, -0.2) is 14.4 Å². The Morgan fingerprint density at radius 1 is 0.627 bits per heavy atom. The SMILES string of the molecule is CCC1OC(OC2C(C(=O)OC)OC(OCCCCCCNC(=O)OCc3ccccc3)C(OC(=O)c3ccccc3)C2OCc2ccccc2)C(NC(C)=O)C(OCc2ccccc2)C1C. The topological polar surface area (TPSA) is 175 Å². The number of carbonyl (C=O) groups excluding carboxylic acids is 4. The number of benzene rings is 4. The molecule has 2 amide bonds. The summed E-state index contributed by atoms with van der Waals surface area (Å²) in [5, 5.41) is 5.79. The number of nitrogens with one attached hydrogen (secondary N) is 2. The molecule has 6 rings (SSSR count). The third kappa shape index (κ3) is 15.2. The van der Waals surface area contributed by atoms with Gasteiger partial charge in [0.15, 0.2) is 24.8 Å². The molecule has 2 aliphatic rings. The van der Waals surface area contributed by atoms with Gasteiger partial charge in [-0.05, 0) is 48.1 Å². The molecule has 2 saturated heterocycles. The highest BCUT2D eigenvalue weighted by atomic mass is 16.8. The van der Waals surface area contributed by atoms with Crippen molar-refractivity contribution in [3.63, 3.8) is 0 Å². The Morgan fingerprint density at radius 2 is 1.19 bits per heavy atom. The molecular weight excluding hydrogens is 861 g/mol. The van der Waals surface area contributed by atoms with Gasteiger partial charge in [0, 0.05) is 26.0 Å². The zero-order chi connectivity index (χ0) is 47.4. The van der Waals surface area contributed by atoms with Crippen molar-refractivity contribution in [2.45, 2.75) is 128 Å². The maximum Gasteiger partial charge on any atom is 0.407 e. The number of methoxy groups -OCH3 is 1. The van der Waals surface area contributed by atoms with E-state index in [9.17, 15) is 19.2 Å². The number of amides is 2. The van der Waals surface area contributed by atoms with Crippen molar-refractivity contribution < 1.29 is 61.8 Å². The zero-order valence-corrected chi connectivity index (χ0v) is 38.7. The molecule has 4 aromatic carbocycles. The number of esters is 2. The summed E-state index contributed by atoms with van der Waals surface area (Å²) in [6.45, 7) is 6.45. The van der Waals surface area contributed by atoms with Crippen molar-refractivity contribution in [3.05, 3.63) is 144 Å². The number of hydrogen-bond acceptors (Lipinski definition) is 13. The molecule has 15 nitrogen and oxygen atoms in total. The first kappa shape index (κ1) is 50.7. The molecule has 0 aliphatic carbocycles. The number of carbonyl (C=O) groups is 4. The van der Waals surface area contributed by atoms with Crippen LogP contribution in [0.3, 0.4) is 0 Å². The minimum Gasteiger partial charge on any atom is -0.467 e. The fraction of sp³-hybridized carbons (Fsp3) is 0.462. The van der Waals surface area contributed by atoms with Gasteiger partial charge >= 0.3 is 18.0 Å². The van der Waals surface area contributed by atoms with Gasteiger partial charge in [0.2, 0.25) is 5.91 Å². The van der Waals surface area contributed by atoms with Crippen molar-refractivity contribution in [1.82, 2.24) is 10.6 Å². The lowest BCUT2D eigenvalue weighted by atomic mass is 9.87. The minimum absolute atomic E-state index is 0.0251. The molecule has 2 N–H and O–H groups in total. The van der Waals surface area contributed by atoms with Crippen LogP contribution in [0.25, 0.3) is 0 Å². The lowest BCUT2D eigenvalue weighted by molar-refractivity contribution is -0.343. The van der Waals surface area contributed by atoms with Crippen molar-refractivity contribution in [2.75, 3.05) is 20.3 Å². The Morgan fingerprint density at radius 3 is 1.78 bits per heavy atom. The molecule has 4 aromatic rings. The Bertz CT molecular complexity index is 2100. The molecule has 0 aromatic heterocycles. The van der Waals surface area contributed by atoms with Crippen LogP contribution in [0.2, 0.25) is 0 Å². The van der Waals surface area contributed by atoms with Crippen molar-refractivity contribution >= 4 is 23.9 Å². The van der Waals surface area contributed by atoms with E-state index in [1.807, 2.05) is 105 Å². The van der Waals surface area contributed by atoms with Crippen molar-refractivity contribution in [3.8, 4) is 0 Å². The van der Waals surface area contributed by atoms with Crippen LogP contribution in [0.5, 0.6) is 0 Å². The normalized spacial score (nSPS) is 24.8. The van der Waals surface area contributed by atoms with Crippen molar-refractivity contribution in [2.24, 2.45) is 5.92 Å². The molecule has 10 unspecified atom stereocenters. The second kappa shape index (κ2) is 26.6. The van der Waals surface area contributed by atoms with Crippen molar-refractivity contribution in [1.29, 1.82) is 0 Å². The zero-order valence-electron chi connectivity index (χ0n) is 38.7. The molecule has 10 atom stereocenters. The van der Waals surface area contributed by atoms with Crippen LogP contribution in [0.1, 0.15) is 79.9 Å². The maximum absolute atomic E-state index is 14.0. The molecular formula is C52H64N2O13. The highest BCUT2D eigenvalue weighted by Gasteiger charge is 2.56. The smallest absolute Gasteiger partial charge is 0.407 e. The average molecular weight is 925 g/mol. The van der Waals surface area contributed by atoms with Gasteiger partial charge in [-0.3, -0.25) is 4.79 Å². The van der Waals surface area contributed by atoms with E-state index in [1.165, 1.54) is 14.0 Å². The second-order valence-electron chi connectivity index (χ2n) is 16.6. The molecule has 67 heavy (non-hydrogen) atoms. The summed E-state index contributed by atoms with van der Waals surface area (Å²) in [5.74, 6) is -2.01. The molecule has 0 radical (unpaired) electrons.